The summed E-state index contributed by atoms with van der Waals surface area (Å²) in [6.07, 6.45) is 1.98. The summed E-state index contributed by atoms with van der Waals surface area (Å²) in [5.74, 6) is 0. The highest BCUT2D eigenvalue weighted by molar-refractivity contribution is 6.08. The molecule has 1 N–H and O–H groups in total. The van der Waals surface area contributed by atoms with E-state index < -0.39 is 0 Å². The Kier molecular flexibility index (Phi) is 1.90. The third-order valence-electron chi connectivity index (χ3n) is 3.74. The van der Waals surface area contributed by atoms with Gasteiger partial charge in [-0.1, -0.05) is 12.1 Å². The molecule has 19 heavy (non-hydrogen) atoms. The maximum atomic E-state index is 12.7. The Morgan fingerprint density at radius 3 is 2.68 bits per heavy atom. The van der Waals surface area contributed by atoms with E-state index in [-0.39, 0.29) is 5.43 Å². The van der Waals surface area contributed by atoms with Crippen LogP contribution in [-0.4, -0.2) is 9.55 Å². The summed E-state index contributed by atoms with van der Waals surface area (Å²) in [6, 6.07) is 13.7. The SMILES string of the molecule is Cn1ccc2c3c(=O)c4ccccc4[nH]c3ccc21. The molecule has 92 valence electrons. The van der Waals surface area contributed by atoms with Crippen LogP contribution < -0.4 is 5.43 Å². The standard InChI is InChI=1S/C16H12N2O/c1-18-9-8-11-14(18)7-6-13-15(11)16(19)10-4-2-3-5-12(10)17-13/h2-9H,1H3,(H,17,19). The van der Waals surface area contributed by atoms with Crippen molar-refractivity contribution in [3.63, 3.8) is 0 Å². The molecule has 0 aliphatic carbocycles. The molecule has 0 aliphatic rings. The molecule has 0 saturated carbocycles. The highest BCUT2D eigenvalue weighted by atomic mass is 16.1. The summed E-state index contributed by atoms with van der Waals surface area (Å²) in [6.45, 7) is 0. The van der Waals surface area contributed by atoms with Gasteiger partial charge in [-0.05, 0) is 30.3 Å². The Morgan fingerprint density at radius 1 is 0.947 bits per heavy atom. The largest absolute Gasteiger partial charge is 0.354 e. The van der Waals surface area contributed by atoms with Crippen LogP contribution >= 0.6 is 0 Å². The Bertz CT molecular complexity index is 992. The van der Waals surface area contributed by atoms with E-state index in [9.17, 15) is 4.79 Å². The van der Waals surface area contributed by atoms with E-state index >= 15 is 0 Å². The molecule has 4 rings (SSSR count). The molecule has 0 saturated heterocycles. The van der Waals surface area contributed by atoms with E-state index in [1.54, 1.807) is 0 Å². The zero-order valence-electron chi connectivity index (χ0n) is 10.5. The molecular formula is C16H12N2O. The minimum absolute atomic E-state index is 0.0983. The van der Waals surface area contributed by atoms with Crippen molar-refractivity contribution in [2.24, 2.45) is 7.05 Å². The van der Waals surface area contributed by atoms with Gasteiger partial charge in [-0.2, -0.15) is 0 Å². The number of aryl methyl sites for hydroxylation is 1. The van der Waals surface area contributed by atoms with E-state index in [0.29, 0.717) is 0 Å². The summed E-state index contributed by atoms with van der Waals surface area (Å²) in [5.41, 5.74) is 2.95. The average molecular weight is 248 g/mol. The van der Waals surface area contributed by atoms with Gasteiger partial charge in [0.25, 0.3) is 0 Å². The van der Waals surface area contributed by atoms with Crippen molar-refractivity contribution in [2.75, 3.05) is 0 Å². The van der Waals surface area contributed by atoms with Crippen molar-refractivity contribution in [1.82, 2.24) is 9.55 Å². The average Bonchev–Trinajstić information content (AvgIpc) is 2.80. The maximum Gasteiger partial charge on any atom is 0.197 e. The first kappa shape index (κ1) is 10.4. The molecule has 0 fully saturated rings. The molecule has 0 spiro atoms. The summed E-state index contributed by atoms with van der Waals surface area (Å²) in [7, 11) is 1.99. The lowest BCUT2D eigenvalue weighted by Crippen LogP contribution is -2.04. The molecule has 2 heterocycles. The van der Waals surface area contributed by atoms with Gasteiger partial charge in [0, 0.05) is 35.1 Å². The molecule has 0 unspecified atom stereocenters. The molecule has 0 aliphatic heterocycles. The van der Waals surface area contributed by atoms with Gasteiger partial charge in [0.1, 0.15) is 0 Å². The second-order valence-electron chi connectivity index (χ2n) is 4.85. The number of benzene rings is 2. The van der Waals surface area contributed by atoms with Crippen molar-refractivity contribution in [2.45, 2.75) is 0 Å². The molecule has 0 amide bonds. The van der Waals surface area contributed by atoms with Crippen molar-refractivity contribution < 1.29 is 0 Å². The summed E-state index contributed by atoms with van der Waals surface area (Å²) in [5, 5.41) is 2.52. The summed E-state index contributed by atoms with van der Waals surface area (Å²) in [4.78, 5) is 16.0. The number of para-hydroxylation sites is 1. The van der Waals surface area contributed by atoms with Gasteiger partial charge < -0.3 is 9.55 Å². The number of rotatable bonds is 0. The Balaban J connectivity index is 2.37. The highest BCUT2D eigenvalue weighted by Gasteiger charge is 2.09. The second kappa shape index (κ2) is 3.48. The normalized spacial score (nSPS) is 11.6. The van der Waals surface area contributed by atoms with E-state index in [2.05, 4.69) is 4.98 Å². The number of nitrogens with one attached hydrogen (secondary N) is 1. The van der Waals surface area contributed by atoms with E-state index in [4.69, 9.17) is 0 Å². The lowest BCUT2D eigenvalue weighted by atomic mass is 10.1. The van der Waals surface area contributed by atoms with Crippen LogP contribution in [0.4, 0.5) is 0 Å². The molecule has 0 radical (unpaired) electrons. The fraction of sp³-hybridized carbons (Fsp3) is 0.0625. The van der Waals surface area contributed by atoms with Crippen molar-refractivity contribution in [3.8, 4) is 0 Å². The fourth-order valence-corrected chi connectivity index (χ4v) is 2.77. The Morgan fingerprint density at radius 2 is 1.79 bits per heavy atom. The number of nitrogens with zero attached hydrogens (tertiary/aromatic N) is 1. The van der Waals surface area contributed by atoms with Crippen LogP contribution in [-0.2, 0) is 7.05 Å². The van der Waals surface area contributed by atoms with Crippen molar-refractivity contribution >= 4 is 32.7 Å². The van der Waals surface area contributed by atoms with E-state index in [1.807, 2.05) is 60.3 Å². The first-order valence-electron chi connectivity index (χ1n) is 6.24. The third kappa shape index (κ3) is 1.30. The minimum Gasteiger partial charge on any atom is -0.354 e. The van der Waals surface area contributed by atoms with Crippen LogP contribution in [0.1, 0.15) is 0 Å². The number of hydrogen-bond acceptors (Lipinski definition) is 1. The highest BCUT2D eigenvalue weighted by Crippen LogP contribution is 2.24. The Labute approximate surface area is 109 Å². The third-order valence-corrected chi connectivity index (χ3v) is 3.74. The number of aromatic nitrogens is 2. The zero-order valence-corrected chi connectivity index (χ0v) is 10.5. The molecule has 0 bridgehead atoms. The smallest absolute Gasteiger partial charge is 0.197 e. The Hall–Kier alpha value is -2.55. The molecule has 2 aromatic carbocycles. The molecule has 3 heteroatoms. The molecule has 4 aromatic rings. The van der Waals surface area contributed by atoms with E-state index in [1.165, 1.54) is 0 Å². The topological polar surface area (TPSA) is 37.8 Å². The van der Waals surface area contributed by atoms with Crippen LogP contribution in [0.25, 0.3) is 32.7 Å². The maximum absolute atomic E-state index is 12.7. The van der Waals surface area contributed by atoms with Gasteiger partial charge >= 0.3 is 0 Å². The van der Waals surface area contributed by atoms with Crippen LogP contribution in [0.5, 0.6) is 0 Å². The predicted octanol–water partition coefficient (Wildman–Crippen LogP) is 3.17. The van der Waals surface area contributed by atoms with Gasteiger partial charge in [0.15, 0.2) is 5.43 Å². The fourth-order valence-electron chi connectivity index (χ4n) is 2.77. The molecule has 3 nitrogen and oxygen atoms in total. The minimum atomic E-state index is 0.0983. The monoisotopic (exact) mass is 248 g/mol. The van der Waals surface area contributed by atoms with Gasteiger partial charge in [-0.15, -0.1) is 0 Å². The lowest BCUT2D eigenvalue weighted by molar-refractivity contribution is 0.969. The number of pyridine rings is 1. The van der Waals surface area contributed by atoms with Crippen LogP contribution in [0.3, 0.4) is 0 Å². The summed E-state index contributed by atoms with van der Waals surface area (Å²) < 4.78 is 2.03. The van der Waals surface area contributed by atoms with Crippen LogP contribution in [0.2, 0.25) is 0 Å². The van der Waals surface area contributed by atoms with Gasteiger partial charge in [0.2, 0.25) is 0 Å². The van der Waals surface area contributed by atoms with Crippen LogP contribution in [0, 0.1) is 0 Å². The number of hydrogen-bond donors (Lipinski definition) is 1. The molecule has 0 atom stereocenters. The van der Waals surface area contributed by atoms with Crippen molar-refractivity contribution in [3.05, 3.63) is 58.9 Å². The van der Waals surface area contributed by atoms with Crippen LogP contribution in [0.15, 0.2) is 53.5 Å². The van der Waals surface area contributed by atoms with Gasteiger partial charge in [0.05, 0.1) is 10.9 Å². The quantitative estimate of drug-likeness (QED) is 0.477. The van der Waals surface area contributed by atoms with E-state index in [0.717, 1.165) is 32.7 Å². The number of H-pyrrole nitrogens is 1. The summed E-state index contributed by atoms with van der Waals surface area (Å²) >= 11 is 0. The molecular weight excluding hydrogens is 236 g/mol. The molecule has 2 aromatic heterocycles. The van der Waals surface area contributed by atoms with Gasteiger partial charge in [-0.3, -0.25) is 4.79 Å². The first-order chi connectivity index (χ1) is 9.25. The first-order valence-corrected chi connectivity index (χ1v) is 6.24. The lowest BCUT2D eigenvalue weighted by Gasteiger charge is -2.04. The van der Waals surface area contributed by atoms with Crippen molar-refractivity contribution in [1.29, 1.82) is 0 Å². The zero-order chi connectivity index (χ0) is 13.0. The number of fused-ring (bicyclic) bond motifs is 4. The predicted molar refractivity (Wildman–Crippen MR) is 78.6 cm³/mol. The van der Waals surface area contributed by atoms with Gasteiger partial charge in [-0.25, -0.2) is 0 Å². The second-order valence-corrected chi connectivity index (χ2v) is 4.85. The number of aromatic amines is 1.